The predicted molar refractivity (Wildman–Crippen MR) is 134 cm³/mol. The van der Waals surface area contributed by atoms with Crippen molar-refractivity contribution < 1.29 is 9.59 Å². The Hall–Kier alpha value is -3.97. The first-order chi connectivity index (χ1) is 16.2. The van der Waals surface area contributed by atoms with Crippen molar-refractivity contribution in [2.24, 2.45) is 10.2 Å². The largest absolute Gasteiger partial charge is 0.354 e. The molecule has 1 saturated heterocycles. The van der Waals surface area contributed by atoms with E-state index in [0.29, 0.717) is 10.7 Å². The molecule has 33 heavy (non-hydrogen) atoms. The van der Waals surface area contributed by atoms with Gasteiger partial charge < -0.3 is 10.3 Å². The molecule has 4 aromatic rings. The molecule has 1 atom stereocenters. The average molecular weight is 453 g/mol. The number of para-hydroxylation sites is 1. The minimum absolute atomic E-state index is 0.0701. The summed E-state index contributed by atoms with van der Waals surface area (Å²) in [5.41, 5.74) is 4.53. The molecule has 0 bridgehead atoms. The van der Waals surface area contributed by atoms with Crippen molar-refractivity contribution in [2.75, 3.05) is 0 Å². The van der Waals surface area contributed by atoms with Gasteiger partial charge in [0.15, 0.2) is 11.0 Å². The molecular formula is C26H20N4O2S. The molecule has 2 heterocycles. The Labute approximate surface area is 194 Å². The van der Waals surface area contributed by atoms with E-state index in [-0.39, 0.29) is 18.1 Å². The lowest BCUT2D eigenvalue weighted by atomic mass is 10.1. The number of H-pyrrole nitrogens is 1. The topological polar surface area (TPSA) is 86.7 Å². The lowest BCUT2D eigenvalue weighted by molar-refractivity contribution is -0.118. The molecule has 0 aliphatic carbocycles. The highest BCUT2D eigenvalue weighted by Gasteiger charge is 2.32. The number of amides is 1. The summed E-state index contributed by atoms with van der Waals surface area (Å²) in [7, 11) is 0. The highest BCUT2D eigenvalue weighted by atomic mass is 32.2. The summed E-state index contributed by atoms with van der Waals surface area (Å²) in [4.78, 5) is 28.2. The zero-order valence-corrected chi connectivity index (χ0v) is 18.4. The van der Waals surface area contributed by atoms with Crippen LogP contribution in [0.25, 0.3) is 22.2 Å². The van der Waals surface area contributed by atoms with Crippen LogP contribution in [0.5, 0.6) is 0 Å². The number of carbonyl (C=O) groups is 2. The standard InChI is InChI=1S/C26H20N4O2S/c31-22(17-9-3-1-4-10-17)15-23-25(32)29-26(33-23)30-27-16-20-19-13-7-8-14-21(19)28-24(20)18-11-5-2-6-12-18/h1-14,16,23,28H,15H2,(H,29,30,32)/b27-16+. The first-order valence-electron chi connectivity index (χ1n) is 10.5. The Morgan fingerprint density at radius 2 is 1.64 bits per heavy atom. The summed E-state index contributed by atoms with van der Waals surface area (Å²) in [6, 6.07) is 27.0. The Kier molecular flexibility index (Phi) is 5.87. The van der Waals surface area contributed by atoms with E-state index >= 15 is 0 Å². The lowest BCUT2D eigenvalue weighted by Gasteiger charge is -2.04. The second-order valence-corrected chi connectivity index (χ2v) is 8.76. The zero-order chi connectivity index (χ0) is 22.6. The monoisotopic (exact) mass is 452 g/mol. The molecule has 2 N–H and O–H groups in total. The second-order valence-electron chi connectivity index (χ2n) is 7.56. The number of carbonyl (C=O) groups excluding carboxylic acids is 2. The number of nitrogens with zero attached hydrogens (tertiary/aromatic N) is 2. The van der Waals surface area contributed by atoms with Crippen LogP contribution in [-0.4, -0.2) is 33.3 Å². The lowest BCUT2D eigenvalue weighted by Crippen LogP contribution is -2.26. The smallest absolute Gasteiger partial charge is 0.240 e. The first-order valence-corrected chi connectivity index (χ1v) is 11.4. The summed E-state index contributed by atoms with van der Waals surface area (Å²) in [6.07, 6.45) is 1.81. The summed E-state index contributed by atoms with van der Waals surface area (Å²) >= 11 is 1.23. The van der Waals surface area contributed by atoms with Crippen molar-refractivity contribution in [1.29, 1.82) is 0 Å². The molecule has 7 heteroatoms. The fourth-order valence-electron chi connectivity index (χ4n) is 3.77. The molecule has 0 spiro atoms. The van der Waals surface area contributed by atoms with E-state index in [1.165, 1.54) is 11.8 Å². The Morgan fingerprint density at radius 3 is 2.42 bits per heavy atom. The number of rotatable bonds is 6. The van der Waals surface area contributed by atoms with Crippen molar-refractivity contribution in [2.45, 2.75) is 11.7 Å². The van der Waals surface area contributed by atoms with Gasteiger partial charge in [-0.25, -0.2) is 0 Å². The number of benzene rings is 3. The summed E-state index contributed by atoms with van der Waals surface area (Å²) in [5, 5.41) is 12.1. The van der Waals surface area contributed by atoms with Gasteiger partial charge in [0.25, 0.3) is 0 Å². The number of hydrogen-bond acceptors (Lipinski definition) is 5. The number of hydrogen-bond donors (Lipinski definition) is 2. The van der Waals surface area contributed by atoms with Crippen LogP contribution in [0.2, 0.25) is 0 Å². The number of amidine groups is 1. The average Bonchev–Trinajstić information content (AvgIpc) is 3.40. The number of nitrogens with one attached hydrogen (secondary N) is 2. The van der Waals surface area contributed by atoms with Gasteiger partial charge in [-0.15, -0.1) is 5.10 Å². The van der Waals surface area contributed by atoms with E-state index < -0.39 is 5.25 Å². The molecule has 3 aromatic carbocycles. The molecule has 5 rings (SSSR count). The van der Waals surface area contributed by atoms with Crippen LogP contribution >= 0.6 is 11.8 Å². The first kappa shape index (κ1) is 20.9. The van der Waals surface area contributed by atoms with E-state index in [9.17, 15) is 9.59 Å². The minimum atomic E-state index is -0.514. The number of ketones is 1. The maximum absolute atomic E-state index is 12.5. The Balaban J connectivity index is 1.36. The van der Waals surface area contributed by atoms with Crippen LogP contribution in [0.1, 0.15) is 22.3 Å². The van der Waals surface area contributed by atoms with Crippen LogP contribution in [0.15, 0.2) is 95.1 Å². The second kappa shape index (κ2) is 9.26. The molecule has 1 aromatic heterocycles. The van der Waals surface area contributed by atoms with Crippen molar-refractivity contribution in [3.8, 4) is 11.3 Å². The van der Waals surface area contributed by atoms with Crippen LogP contribution in [0.4, 0.5) is 0 Å². The summed E-state index contributed by atoms with van der Waals surface area (Å²) < 4.78 is 0. The van der Waals surface area contributed by atoms with Gasteiger partial charge in [0.2, 0.25) is 5.91 Å². The molecule has 0 radical (unpaired) electrons. The van der Waals surface area contributed by atoms with Crippen molar-refractivity contribution >= 4 is 45.7 Å². The molecule has 1 unspecified atom stereocenters. The van der Waals surface area contributed by atoms with Gasteiger partial charge in [-0.1, -0.05) is 90.6 Å². The number of aromatic nitrogens is 1. The molecule has 1 aliphatic heterocycles. The molecule has 1 fully saturated rings. The maximum Gasteiger partial charge on any atom is 0.240 e. The number of aromatic amines is 1. The summed E-state index contributed by atoms with van der Waals surface area (Å²) in [5.74, 6) is -0.297. The number of Topliss-reactive ketones (excluding diaryl/α,β-unsaturated/α-hetero) is 1. The Morgan fingerprint density at radius 1 is 0.939 bits per heavy atom. The molecule has 6 nitrogen and oxygen atoms in total. The molecule has 1 amide bonds. The van der Waals surface area contributed by atoms with Crippen molar-refractivity contribution in [3.05, 3.63) is 96.1 Å². The Bertz CT molecular complexity index is 1380. The van der Waals surface area contributed by atoms with Gasteiger partial charge in [0.1, 0.15) is 0 Å². The van der Waals surface area contributed by atoms with E-state index in [1.54, 1.807) is 18.3 Å². The van der Waals surface area contributed by atoms with Gasteiger partial charge in [0, 0.05) is 28.5 Å². The van der Waals surface area contributed by atoms with Gasteiger partial charge in [-0.2, -0.15) is 5.10 Å². The fourth-order valence-corrected chi connectivity index (χ4v) is 4.69. The van der Waals surface area contributed by atoms with Crippen LogP contribution in [-0.2, 0) is 4.79 Å². The third kappa shape index (κ3) is 4.49. The number of thioether (sulfide) groups is 1. The van der Waals surface area contributed by atoms with Gasteiger partial charge in [-0.3, -0.25) is 9.59 Å². The van der Waals surface area contributed by atoms with E-state index in [1.807, 2.05) is 72.8 Å². The molecule has 0 saturated carbocycles. The quantitative estimate of drug-likeness (QED) is 0.244. The SMILES string of the molecule is O=C(CC1S/C(=N/N=C/c2c(-c3ccccc3)[nH]c3ccccc23)NC1=O)c1ccccc1. The molecule has 162 valence electrons. The van der Waals surface area contributed by atoms with Gasteiger partial charge >= 0.3 is 0 Å². The zero-order valence-electron chi connectivity index (χ0n) is 17.6. The fraction of sp³-hybridized carbons (Fsp3) is 0.0769. The normalized spacial score (nSPS) is 17.2. The van der Waals surface area contributed by atoms with Gasteiger partial charge in [0.05, 0.1) is 17.2 Å². The van der Waals surface area contributed by atoms with E-state index in [2.05, 4.69) is 20.5 Å². The van der Waals surface area contributed by atoms with E-state index in [0.717, 1.165) is 27.7 Å². The van der Waals surface area contributed by atoms with Crippen molar-refractivity contribution in [3.63, 3.8) is 0 Å². The summed E-state index contributed by atoms with van der Waals surface area (Å²) in [6.45, 7) is 0. The molecule has 1 aliphatic rings. The number of fused-ring (bicyclic) bond motifs is 1. The maximum atomic E-state index is 12.5. The minimum Gasteiger partial charge on any atom is -0.354 e. The van der Waals surface area contributed by atoms with E-state index in [4.69, 9.17) is 0 Å². The van der Waals surface area contributed by atoms with Crippen LogP contribution in [0, 0.1) is 0 Å². The van der Waals surface area contributed by atoms with Crippen molar-refractivity contribution in [1.82, 2.24) is 10.3 Å². The highest BCUT2D eigenvalue weighted by molar-refractivity contribution is 8.15. The molecular weight excluding hydrogens is 432 g/mol. The third-order valence-electron chi connectivity index (χ3n) is 5.39. The van der Waals surface area contributed by atoms with Crippen LogP contribution in [0.3, 0.4) is 0 Å². The van der Waals surface area contributed by atoms with Gasteiger partial charge in [-0.05, 0) is 11.6 Å². The third-order valence-corrected chi connectivity index (χ3v) is 6.46. The predicted octanol–water partition coefficient (Wildman–Crippen LogP) is 5.03. The highest BCUT2D eigenvalue weighted by Crippen LogP contribution is 2.29. The van der Waals surface area contributed by atoms with Crippen LogP contribution < -0.4 is 5.32 Å².